The quantitative estimate of drug-likeness (QED) is 0.189. The number of methoxy groups -OCH3 is 1. The Balaban J connectivity index is 1.40. The maximum Gasteiger partial charge on any atom is 0.278 e. The van der Waals surface area contributed by atoms with Crippen LogP contribution in [0.2, 0.25) is 0 Å². The van der Waals surface area contributed by atoms with Crippen LogP contribution in [0.5, 0.6) is 5.75 Å². The van der Waals surface area contributed by atoms with E-state index in [4.69, 9.17) is 14.2 Å². The van der Waals surface area contributed by atoms with Gasteiger partial charge in [0.2, 0.25) is 11.7 Å². The molecule has 0 radical (unpaired) electrons. The van der Waals surface area contributed by atoms with Crippen molar-refractivity contribution in [2.75, 3.05) is 7.11 Å². The highest BCUT2D eigenvalue weighted by Crippen LogP contribution is 2.30. The number of fused-ring (bicyclic) bond motifs is 1. The number of H-pyrrole nitrogens is 1. The predicted molar refractivity (Wildman–Crippen MR) is 147 cm³/mol. The van der Waals surface area contributed by atoms with Crippen molar-refractivity contribution in [1.82, 2.24) is 24.7 Å². The van der Waals surface area contributed by atoms with Gasteiger partial charge in [-0.1, -0.05) is 77.6 Å². The fourth-order valence-corrected chi connectivity index (χ4v) is 5.18. The van der Waals surface area contributed by atoms with E-state index in [2.05, 4.69) is 15.1 Å². The van der Waals surface area contributed by atoms with Gasteiger partial charge < -0.3 is 14.2 Å². The average molecular weight is 540 g/mol. The first-order chi connectivity index (χ1) is 19.1. The average Bonchev–Trinajstić information content (AvgIpc) is 3.62. The molecule has 0 saturated heterocycles. The molecule has 6 rings (SSSR count). The first kappa shape index (κ1) is 24.6. The second kappa shape index (κ2) is 10.6. The minimum Gasteiger partial charge on any atom is -0.496 e. The van der Waals surface area contributed by atoms with Gasteiger partial charge in [0.1, 0.15) is 22.6 Å². The number of para-hydroxylation sites is 1. The summed E-state index contributed by atoms with van der Waals surface area (Å²) in [6, 6.07) is 23.3. The monoisotopic (exact) mass is 539 g/mol. The minimum atomic E-state index is -0.383. The van der Waals surface area contributed by atoms with Crippen molar-refractivity contribution >= 4 is 22.8 Å². The van der Waals surface area contributed by atoms with Crippen LogP contribution in [0.15, 0.2) is 99.5 Å². The molecule has 3 aromatic carbocycles. The highest BCUT2D eigenvalue weighted by Gasteiger charge is 2.19. The van der Waals surface area contributed by atoms with Gasteiger partial charge in [-0.25, -0.2) is 9.37 Å². The van der Waals surface area contributed by atoms with Gasteiger partial charge in [-0.2, -0.15) is 4.98 Å². The fourth-order valence-electron chi connectivity index (χ4n) is 4.35. The number of ether oxygens (including phenoxy) is 1. The van der Waals surface area contributed by atoms with Crippen LogP contribution < -0.4 is 10.3 Å². The molecular weight excluding hydrogens is 517 g/mol. The van der Waals surface area contributed by atoms with Crippen LogP contribution >= 0.6 is 11.8 Å². The number of thioether (sulfide) groups is 1. The molecule has 0 aliphatic rings. The van der Waals surface area contributed by atoms with Gasteiger partial charge >= 0.3 is 0 Å². The summed E-state index contributed by atoms with van der Waals surface area (Å²) in [5, 5.41) is 4.48. The zero-order chi connectivity index (χ0) is 26.8. The van der Waals surface area contributed by atoms with Crippen molar-refractivity contribution < 1.29 is 13.7 Å². The Morgan fingerprint density at radius 2 is 1.79 bits per heavy atom. The lowest BCUT2D eigenvalue weighted by atomic mass is 10.1. The molecule has 0 bridgehead atoms. The fraction of sp³-hybridized carbons (Fsp3) is 0.103. The number of nitrogens with one attached hydrogen (secondary N) is 1. The molecule has 10 heteroatoms. The second-order valence-electron chi connectivity index (χ2n) is 8.70. The Morgan fingerprint density at radius 3 is 2.62 bits per heavy atom. The number of hydrogen-bond donors (Lipinski definition) is 1. The van der Waals surface area contributed by atoms with E-state index in [1.807, 2.05) is 54.6 Å². The summed E-state index contributed by atoms with van der Waals surface area (Å²) in [5.41, 5.74) is 3.93. The first-order valence-corrected chi connectivity index (χ1v) is 13.1. The standard InChI is InChI=1S/C29H22FN5O3S/c1-37-23-13-6-5-10-20(23)16-35-28(36)26-25(22(15-31-26)18-8-3-2-4-9-18)33-29(35)39-17-24-32-27(34-38-24)19-11-7-12-21(30)14-19/h2-15,31H,16-17H2,1H3. The lowest BCUT2D eigenvalue weighted by Gasteiger charge is -2.14. The molecule has 0 amide bonds. The predicted octanol–water partition coefficient (Wildman–Crippen LogP) is 5.93. The molecular formula is C29H22FN5O3S. The van der Waals surface area contributed by atoms with Crippen molar-refractivity contribution in [2.24, 2.45) is 0 Å². The molecule has 6 aromatic rings. The van der Waals surface area contributed by atoms with Crippen LogP contribution in [0, 0.1) is 5.82 Å². The Hall–Kier alpha value is -4.70. The van der Waals surface area contributed by atoms with Crippen LogP contribution in [0.3, 0.4) is 0 Å². The smallest absolute Gasteiger partial charge is 0.278 e. The van der Waals surface area contributed by atoms with Crippen molar-refractivity contribution in [3.8, 4) is 28.3 Å². The Kier molecular flexibility index (Phi) is 6.68. The Labute approximate surface area is 226 Å². The van der Waals surface area contributed by atoms with E-state index < -0.39 is 0 Å². The Bertz CT molecular complexity index is 1830. The molecule has 0 unspecified atom stereocenters. The molecule has 3 heterocycles. The zero-order valence-corrected chi connectivity index (χ0v) is 21.6. The highest BCUT2D eigenvalue weighted by atomic mass is 32.2. The van der Waals surface area contributed by atoms with Crippen molar-refractivity contribution in [2.45, 2.75) is 17.5 Å². The molecule has 0 spiro atoms. The van der Waals surface area contributed by atoms with E-state index in [0.29, 0.717) is 33.4 Å². The summed E-state index contributed by atoms with van der Waals surface area (Å²) in [6.07, 6.45) is 1.81. The van der Waals surface area contributed by atoms with Gasteiger partial charge in [0.15, 0.2) is 5.16 Å². The van der Waals surface area contributed by atoms with Crippen molar-refractivity contribution in [1.29, 1.82) is 0 Å². The summed E-state index contributed by atoms with van der Waals surface area (Å²) < 4.78 is 26.2. The van der Waals surface area contributed by atoms with Crippen LogP contribution in [0.4, 0.5) is 4.39 Å². The normalized spacial score (nSPS) is 11.2. The Morgan fingerprint density at radius 1 is 1.00 bits per heavy atom. The summed E-state index contributed by atoms with van der Waals surface area (Å²) in [6.45, 7) is 0.256. The molecule has 8 nitrogen and oxygen atoms in total. The molecule has 0 aliphatic carbocycles. The summed E-state index contributed by atoms with van der Waals surface area (Å²) in [5.74, 6) is 1.17. The molecule has 0 fully saturated rings. The van der Waals surface area contributed by atoms with Gasteiger partial charge in [0, 0.05) is 22.9 Å². The van der Waals surface area contributed by atoms with E-state index in [-0.39, 0.29) is 29.5 Å². The number of halogens is 1. The number of hydrogen-bond acceptors (Lipinski definition) is 7. The minimum absolute atomic E-state index is 0.207. The van der Waals surface area contributed by atoms with E-state index in [9.17, 15) is 9.18 Å². The van der Waals surface area contributed by atoms with Crippen molar-refractivity contribution in [3.05, 3.63) is 113 Å². The van der Waals surface area contributed by atoms with Crippen LogP contribution in [0.25, 0.3) is 33.5 Å². The van der Waals surface area contributed by atoms with Gasteiger partial charge in [-0.3, -0.25) is 9.36 Å². The van der Waals surface area contributed by atoms with E-state index in [1.165, 1.54) is 23.9 Å². The molecule has 194 valence electrons. The van der Waals surface area contributed by atoms with Gasteiger partial charge in [-0.05, 0) is 23.8 Å². The molecule has 0 saturated carbocycles. The second-order valence-corrected chi connectivity index (χ2v) is 9.64. The van der Waals surface area contributed by atoms with Gasteiger partial charge in [0.05, 0.1) is 19.4 Å². The van der Waals surface area contributed by atoms with E-state index in [0.717, 1.165) is 16.7 Å². The largest absolute Gasteiger partial charge is 0.496 e. The molecule has 0 aliphatic heterocycles. The van der Waals surface area contributed by atoms with Crippen LogP contribution in [-0.2, 0) is 12.3 Å². The zero-order valence-electron chi connectivity index (χ0n) is 20.8. The number of aromatic nitrogens is 5. The first-order valence-electron chi connectivity index (χ1n) is 12.1. The van der Waals surface area contributed by atoms with Crippen LogP contribution in [0.1, 0.15) is 11.5 Å². The third kappa shape index (κ3) is 4.94. The summed E-state index contributed by atoms with van der Waals surface area (Å²) in [4.78, 5) is 26.3. The maximum absolute atomic E-state index is 13.8. The maximum atomic E-state index is 13.8. The number of rotatable bonds is 8. The SMILES string of the molecule is COc1ccccc1Cn1c(SCc2nc(-c3cccc(F)c3)no2)nc2c(-c3ccccc3)c[nH]c2c1=O. The highest BCUT2D eigenvalue weighted by molar-refractivity contribution is 7.98. The van der Waals surface area contributed by atoms with Gasteiger partial charge in [-0.15, -0.1) is 0 Å². The number of aromatic amines is 1. The molecule has 0 atom stereocenters. The van der Waals surface area contributed by atoms with Crippen LogP contribution in [-0.4, -0.2) is 31.8 Å². The lowest BCUT2D eigenvalue weighted by molar-refractivity contribution is 0.391. The summed E-state index contributed by atoms with van der Waals surface area (Å²) >= 11 is 1.31. The topological polar surface area (TPSA) is 98.8 Å². The number of benzene rings is 3. The summed E-state index contributed by atoms with van der Waals surface area (Å²) in [7, 11) is 1.60. The van der Waals surface area contributed by atoms with E-state index >= 15 is 0 Å². The third-order valence-corrected chi connectivity index (χ3v) is 7.19. The lowest BCUT2D eigenvalue weighted by Crippen LogP contribution is -2.24. The van der Waals surface area contributed by atoms with Gasteiger partial charge in [0.25, 0.3) is 5.56 Å². The van der Waals surface area contributed by atoms with Crippen molar-refractivity contribution in [3.63, 3.8) is 0 Å². The molecule has 1 N–H and O–H groups in total. The molecule has 39 heavy (non-hydrogen) atoms. The van der Waals surface area contributed by atoms with E-state index in [1.54, 1.807) is 30.0 Å². The third-order valence-electron chi connectivity index (χ3n) is 6.23. The number of nitrogens with zero attached hydrogens (tertiary/aromatic N) is 4. The molecule has 3 aromatic heterocycles.